The maximum Gasteiger partial charge on any atom is 0.303 e. The molecule has 0 amide bonds. The van der Waals surface area contributed by atoms with Crippen molar-refractivity contribution in [3.63, 3.8) is 0 Å². The van der Waals surface area contributed by atoms with Crippen molar-refractivity contribution in [3.8, 4) is 5.75 Å². The first-order chi connectivity index (χ1) is 8.66. The predicted octanol–water partition coefficient (Wildman–Crippen LogP) is 2.13. The number of para-hydroxylation sites is 1. The number of benzene rings is 1. The minimum absolute atomic E-state index is 0.228. The van der Waals surface area contributed by atoms with Gasteiger partial charge in [-0.15, -0.1) is 0 Å². The Morgan fingerprint density at radius 1 is 1.50 bits per heavy atom. The van der Waals surface area contributed by atoms with Gasteiger partial charge in [0, 0.05) is 24.6 Å². The molecule has 1 N–H and O–H groups in total. The molecule has 1 aromatic carbocycles. The highest BCUT2D eigenvalue weighted by molar-refractivity contribution is 5.66. The Balaban J connectivity index is 2.00. The van der Waals surface area contributed by atoms with E-state index in [1.165, 1.54) is 5.56 Å². The highest BCUT2D eigenvalue weighted by Gasteiger charge is 2.20. The van der Waals surface area contributed by atoms with Crippen molar-refractivity contribution in [1.82, 2.24) is 4.90 Å². The van der Waals surface area contributed by atoms with Gasteiger partial charge in [0.25, 0.3) is 0 Å². The molecule has 4 nitrogen and oxygen atoms in total. The minimum atomic E-state index is -0.728. The van der Waals surface area contributed by atoms with E-state index in [2.05, 4.69) is 17.9 Å². The van der Waals surface area contributed by atoms with Crippen molar-refractivity contribution in [1.29, 1.82) is 0 Å². The molecule has 0 fully saturated rings. The van der Waals surface area contributed by atoms with Gasteiger partial charge in [0.2, 0.25) is 0 Å². The maximum absolute atomic E-state index is 10.5. The summed E-state index contributed by atoms with van der Waals surface area (Å²) in [6.45, 7) is 4.40. The summed E-state index contributed by atoms with van der Waals surface area (Å²) in [7, 11) is 0. The van der Waals surface area contributed by atoms with Gasteiger partial charge in [-0.3, -0.25) is 9.69 Å². The fourth-order valence-corrected chi connectivity index (χ4v) is 2.20. The lowest BCUT2D eigenvalue weighted by Crippen LogP contribution is -2.35. The van der Waals surface area contributed by atoms with Crippen LogP contribution in [0.25, 0.3) is 0 Å². The second-order valence-corrected chi connectivity index (χ2v) is 4.74. The molecular weight excluding hydrogens is 230 g/mol. The van der Waals surface area contributed by atoms with Crippen molar-refractivity contribution < 1.29 is 14.6 Å². The van der Waals surface area contributed by atoms with Crippen LogP contribution in [0.3, 0.4) is 0 Å². The zero-order valence-electron chi connectivity index (χ0n) is 10.6. The number of nitrogens with zero attached hydrogens (tertiary/aromatic N) is 1. The minimum Gasteiger partial charge on any atom is -0.492 e. The third-order valence-corrected chi connectivity index (χ3v) is 3.29. The number of fused-ring (bicyclic) bond motifs is 1. The molecular formula is C14H19NO3. The Morgan fingerprint density at radius 3 is 3.06 bits per heavy atom. The lowest BCUT2D eigenvalue weighted by atomic mass is 10.1. The molecule has 0 aromatic heterocycles. The first kappa shape index (κ1) is 12.9. The Morgan fingerprint density at radius 2 is 2.28 bits per heavy atom. The maximum atomic E-state index is 10.5. The second kappa shape index (κ2) is 5.87. The standard InChI is InChI=1S/C14H19NO3/c1-11-10-18-13-6-3-2-5-12(13)9-15(11)8-4-7-14(16)17/h2-3,5-6,11H,4,7-10H2,1H3,(H,16,17). The molecule has 1 aliphatic heterocycles. The van der Waals surface area contributed by atoms with Gasteiger partial charge in [-0.05, 0) is 26.0 Å². The summed E-state index contributed by atoms with van der Waals surface area (Å²) in [6.07, 6.45) is 0.910. The van der Waals surface area contributed by atoms with Crippen molar-refractivity contribution in [2.24, 2.45) is 0 Å². The van der Waals surface area contributed by atoms with E-state index in [1.807, 2.05) is 18.2 Å². The number of carboxylic acid groups (broad SMARTS) is 1. The highest BCUT2D eigenvalue weighted by Crippen LogP contribution is 2.24. The monoisotopic (exact) mass is 249 g/mol. The first-order valence-electron chi connectivity index (χ1n) is 6.33. The summed E-state index contributed by atoms with van der Waals surface area (Å²) in [5, 5.41) is 8.68. The van der Waals surface area contributed by atoms with Crippen LogP contribution in [0.1, 0.15) is 25.3 Å². The van der Waals surface area contributed by atoms with Crippen LogP contribution in [-0.4, -0.2) is 35.2 Å². The molecule has 0 aliphatic carbocycles. The van der Waals surface area contributed by atoms with Gasteiger partial charge in [0.05, 0.1) is 0 Å². The van der Waals surface area contributed by atoms with Crippen LogP contribution in [0, 0.1) is 0 Å². The lowest BCUT2D eigenvalue weighted by molar-refractivity contribution is -0.137. The van der Waals surface area contributed by atoms with Crippen molar-refractivity contribution in [3.05, 3.63) is 29.8 Å². The number of ether oxygens (including phenoxy) is 1. The summed E-state index contributed by atoms with van der Waals surface area (Å²) in [6, 6.07) is 8.35. The number of hydrogen-bond donors (Lipinski definition) is 1. The second-order valence-electron chi connectivity index (χ2n) is 4.74. The van der Waals surface area contributed by atoms with Crippen LogP contribution in [0.5, 0.6) is 5.75 Å². The molecule has 98 valence electrons. The molecule has 18 heavy (non-hydrogen) atoms. The van der Waals surface area contributed by atoms with Crippen molar-refractivity contribution >= 4 is 5.97 Å². The predicted molar refractivity (Wildman–Crippen MR) is 68.7 cm³/mol. The van der Waals surface area contributed by atoms with Gasteiger partial charge >= 0.3 is 5.97 Å². The summed E-state index contributed by atoms with van der Waals surface area (Å²) in [5.41, 5.74) is 1.18. The summed E-state index contributed by atoms with van der Waals surface area (Å²) >= 11 is 0. The van der Waals surface area contributed by atoms with E-state index in [4.69, 9.17) is 9.84 Å². The van der Waals surface area contributed by atoms with Gasteiger partial charge in [0.15, 0.2) is 0 Å². The highest BCUT2D eigenvalue weighted by atomic mass is 16.5. The fraction of sp³-hybridized carbons (Fsp3) is 0.500. The van der Waals surface area contributed by atoms with Gasteiger partial charge < -0.3 is 9.84 Å². The molecule has 0 saturated carbocycles. The lowest BCUT2D eigenvalue weighted by Gasteiger charge is -2.25. The summed E-state index contributed by atoms with van der Waals surface area (Å²) in [4.78, 5) is 12.8. The van der Waals surface area contributed by atoms with Crippen LogP contribution in [0.15, 0.2) is 24.3 Å². The van der Waals surface area contributed by atoms with E-state index in [-0.39, 0.29) is 6.42 Å². The Kier molecular flexibility index (Phi) is 4.20. The van der Waals surface area contributed by atoms with Gasteiger partial charge in [0.1, 0.15) is 12.4 Å². The number of aliphatic carboxylic acids is 1. The third kappa shape index (κ3) is 3.23. The molecule has 1 heterocycles. The van der Waals surface area contributed by atoms with Crippen LogP contribution in [0.2, 0.25) is 0 Å². The molecule has 0 bridgehead atoms. The van der Waals surface area contributed by atoms with E-state index < -0.39 is 5.97 Å². The first-order valence-corrected chi connectivity index (χ1v) is 6.33. The molecule has 0 radical (unpaired) electrons. The van der Waals surface area contributed by atoms with Crippen LogP contribution in [-0.2, 0) is 11.3 Å². The molecule has 1 atom stereocenters. The molecule has 1 aromatic rings. The number of rotatable bonds is 4. The average Bonchev–Trinajstić information content (AvgIpc) is 2.50. The van der Waals surface area contributed by atoms with Gasteiger partial charge in [-0.25, -0.2) is 0 Å². The molecule has 1 aliphatic rings. The molecule has 1 unspecified atom stereocenters. The van der Waals surface area contributed by atoms with Crippen molar-refractivity contribution in [2.75, 3.05) is 13.2 Å². The Labute approximate surface area is 107 Å². The quantitative estimate of drug-likeness (QED) is 0.888. The Hall–Kier alpha value is -1.55. The van der Waals surface area contributed by atoms with Crippen molar-refractivity contribution in [2.45, 2.75) is 32.4 Å². The van der Waals surface area contributed by atoms with Gasteiger partial charge in [-0.1, -0.05) is 18.2 Å². The van der Waals surface area contributed by atoms with E-state index in [0.29, 0.717) is 19.1 Å². The number of carbonyl (C=O) groups is 1. The van der Waals surface area contributed by atoms with E-state index >= 15 is 0 Å². The number of hydrogen-bond acceptors (Lipinski definition) is 3. The fourth-order valence-electron chi connectivity index (χ4n) is 2.20. The molecule has 0 saturated heterocycles. The van der Waals surface area contributed by atoms with Crippen LogP contribution < -0.4 is 4.74 Å². The topological polar surface area (TPSA) is 49.8 Å². The Bertz CT molecular complexity index is 419. The van der Waals surface area contributed by atoms with Gasteiger partial charge in [-0.2, -0.15) is 0 Å². The normalized spacial score (nSPS) is 19.7. The SMILES string of the molecule is CC1COc2ccccc2CN1CCCC(=O)O. The van der Waals surface area contributed by atoms with Crippen LogP contribution >= 0.6 is 0 Å². The summed E-state index contributed by atoms with van der Waals surface area (Å²) < 4.78 is 5.76. The van der Waals surface area contributed by atoms with E-state index in [1.54, 1.807) is 0 Å². The molecule has 2 rings (SSSR count). The zero-order valence-corrected chi connectivity index (χ0v) is 10.6. The molecule has 0 spiro atoms. The van der Waals surface area contributed by atoms with E-state index in [0.717, 1.165) is 18.8 Å². The molecule has 4 heteroatoms. The summed E-state index contributed by atoms with van der Waals surface area (Å²) in [5.74, 6) is 0.221. The average molecular weight is 249 g/mol. The number of carboxylic acids is 1. The third-order valence-electron chi connectivity index (χ3n) is 3.29. The zero-order chi connectivity index (χ0) is 13.0. The van der Waals surface area contributed by atoms with E-state index in [9.17, 15) is 4.79 Å². The largest absolute Gasteiger partial charge is 0.492 e. The smallest absolute Gasteiger partial charge is 0.303 e. The van der Waals surface area contributed by atoms with Crippen LogP contribution in [0.4, 0.5) is 0 Å².